The Bertz CT molecular complexity index is 1060. The molecule has 31 heavy (non-hydrogen) atoms. The summed E-state index contributed by atoms with van der Waals surface area (Å²) in [6, 6.07) is 6.14. The number of ether oxygens (including phenoxy) is 1. The number of hydrogen-bond acceptors (Lipinski definition) is 5. The molecule has 7 heteroatoms. The molecule has 0 amide bonds. The van der Waals surface area contributed by atoms with E-state index in [2.05, 4.69) is 68.0 Å². The molecule has 6 nitrogen and oxygen atoms in total. The van der Waals surface area contributed by atoms with Gasteiger partial charge in [-0.3, -0.25) is 9.47 Å². The second-order valence-electron chi connectivity index (χ2n) is 9.37. The Morgan fingerprint density at radius 1 is 1.10 bits per heavy atom. The molecule has 2 fully saturated rings. The highest BCUT2D eigenvalue weighted by Gasteiger charge is 2.48. The van der Waals surface area contributed by atoms with Crippen LogP contribution in [0.25, 0.3) is 5.69 Å². The topological polar surface area (TPSA) is 46.4 Å². The average Bonchev–Trinajstić information content (AvgIpc) is 3.20. The minimum Gasteiger partial charge on any atom is -0.374 e. The van der Waals surface area contributed by atoms with Gasteiger partial charge in [-0.25, -0.2) is 0 Å². The first-order valence-corrected chi connectivity index (χ1v) is 11.7. The summed E-state index contributed by atoms with van der Waals surface area (Å²) in [5, 5.41) is 10.0. The van der Waals surface area contributed by atoms with E-state index in [1.54, 1.807) is 0 Å². The minimum absolute atomic E-state index is 0.0477. The standard InChI is InChI=1S/C24H28ClN5O/c1-28-14-18-13-19(25)7-8-21(18)30-22(15-28)26-27-23(30)29-11-4-9-24(10-12-29)20-6-3-2-5-17(20)16-31-24/h2-3,5-8,13,17,20H,4,9-12,14-16H2,1H3/t17?,20?,24-/m1/s1. The van der Waals surface area contributed by atoms with Crippen molar-refractivity contribution in [2.24, 2.45) is 11.8 Å². The van der Waals surface area contributed by atoms with E-state index in [9.17, 15) is 0 Å². The second-order valence-corrected chi connectivity index (χ2v) is 9.81. The van der Waals surface area contributed by atoms with Crippen molar-refractivity contribution in [2.75, 3.05) is 31.6 Å². The number of rotatable bonds is 1. The van der Waals surface area contributed by atoms with Crippen LogP contribution in [0.5, 0.6) is 0 Å². The molecule has 2 aromatic rings. The third kappa shape index (κ3) is 3.23. The van der Waals surface area contributed by atoms with E-state index in [0.717, 1.165) is 74.5 Å². The van der Waals surface area contributed by atoms with Crippen molar-refractivity contribution in [1.82, 2.24) is 19.7 Å². The lowest BCUT2D eigenvalue weighted by atomic mass is 9.75. The Balaban J connectivity index is 1.33. The van der Waals surface area contributed by atoms with E-state index in [4.69, 9.17) is 16.3 Å². The van der Waals surface area contributed by atoms with Gasteiger partial charge in [0, 0.05) is 36.5 Å². The molecule has 1 aromatic heterocycles. The van der Waals surface area contributed by atoms with Gasteiger partial charge in [0.25, 0.3) is 0 Å². The van der Waals surface area contributed by atoms with Crippen LogP contribution in [0.4, 0.5) is 5.95 Å². The van der Waals surface area contributed by atoms with Crippen molar-refractivity contribution >= 4 is 17.5 Å². The molecular weight excluding hydrogens is 410 g/mol. The van der Waals surface area contributed by atoms with Gasteiger partial charge in [-0.15, -0.1) is 10.2 Å². The number of hydrogen-bond donors (Lipinski definition) is 0. The quantitative estimate of drug-likeness (QED) is 0.675. The number of halogens is 1. The maximum atomic E-state index is 6.50. The lowest BCUT2D eigenvalue weighted by Gasteiger charge is -2.34. The Kier molecular flexibility index (Phi) is 4.70. The molecule has 1 aliphatic carbocycles. The molecule has 2 unspecified atom stereocenters. The van der Waals surface area contributed by atoms with Gasteiger partial charge in [0.15, 0.2) is 5.82 Å². The van der Waals surface area contributed by atoms with E-state index in [1.165, 1.54) is 5.56 Å². The van der Waals surface area contributed by atoms with E-state index < -0.39 is 0 Å². The van der Waals surface area contributed by atoms with Gasteiger partial charge < -0.3 is 9.64 Å². The Morgan fingerprint density at radius 2 is 2.00 bits per heavy atom. The van der Waals surface area contributed by atoms with Gasteiger partial charge in [-0.2, -0.15) is 0 Å². The molecule has 1 aromatic carbocycles. The molecule has 4 heterocycles. The van der Waals surface area contributed by atoms with Crippen LogP contribution in [0.3, 0.4) is 0 Å². The van der Waals surface area contributed by atoms with Crippen LogP contribution >= 0.6 is 11.6 Å². The lowest BCUT2D eigenvalue weighted by molar-refractivity contribution is -0.0211. The van der Waals surface area contributed by atoms with Gasteiger partial charge in [0.1, 0.15) is 0 Å². The van der Waals surface area contributed by atoms with Crippen LogP contribution in [-0.2, 0) is 17.8 Å². The fourth-order valence-corrected chi connectivity index (χ4v) is 6.09. The third-order valence-electron chi connectivity index (χ3n) is 7.38. The number of allylic oxidation sites excluding steroid dienone is 2. The van der Waals surface area contributed by atoms with Crippen molar-refractivity contribution in [3.8, 4) is 5.69 Å². The highest BCUT2D eigenvalue weighted by molar-refractivity contribution is 6.30. The van der Waals surface area contributed by atoms with Gasteiger partial charge in [0.05, 0.1) is 24.4 Å². The maximum Gasteiger partial charge on any atom is 0.231 e. The van der Waals surface area contributed by atoms with Crippen molar-refractivity contribution < 1.29 is 4.74 Å². The number of aromatic nitrogens is 3. The molecule has 1 spiro atoms. The molecule has 0 bridgehead atoms. The summed E-state index contributed by atoms with van der Waals surface area (Å²) in [5.74, 6) is 2.94. The van der Waals surface area contributed by atoms with Gasteiger partial charge in [-0.05, 0) is 50.1 Å². The molecule has 6 rings (SSSR count). The van der Waals surface area contributed by atoms with Crippen LogP contribution in [-0.4, -0.2) is 52.0 Å². The number of fused-ring (bicyclic) bond motifs is 5. The van der Waals surface area contributed by atoms with Crippen molar-refractivity contribution in [1.29, 1.82) is 0 Å². The molecule has 4 aliphatic rings. The molecule has 3 atom stereocenters. The summed E-state index contributed by atoms with van der Waals surface area (Å²) in [6.45, 7) is 4.35. The van der Waals surface area contributed by atoms with E-state index in [1.807, 2.05) is 6.07 Å². The first kappa shape index (κ1) is 19.5. The lowest BCUT2D eigenvalue weighted by Crippen LogP contribution is -2.38. The zero-order valence-corrected chi connectivity index (χ0v) is 18.6. The summed E-state index contributed by atoms with van der Waals surface area (Å²) in [6.07, 6.45) is 12.2. The summed E-state index contributed by atoms with van der Waals surface area (Å²) in [4.78, 5) is 4.67. The van der Waals surface area contributed by atoms with Crippen LogP contribution in [0, 0.1) is 11.8 Å². The van der Waals surface area contributed by atoms with Crippen LogP contribution in [0.1, 0.15) is 30.7 Å². The van der Waals surface area contributed by atoms with E-state index in [-0.39, 0.29) is 5.60 Å². The molecule has 0 saturated carbocycles. The van der Waals surface area contributed by atoms with Crippen molar-refractivity contribution in [3.63, 3.8) is 0 Å². The molecule has 0 N–H and O–H groups in total. The monoisotopic (exact) mass is 437 g/mol. The zero-order valence-electron chi connectivity index (χ0n) is 17.9. The second kappa shape index (κ2) is 7.47. The largest absolute Gasteiger partial charge is 0.374 e. The molecular formula is C24H28ClN5O. The Hall–Kier alpha value is -2.15. The van der Waals surface area contributed by atoms with E-state index in [0.29, 0.717) is 11.8 Å². The first-order chi connectivity index (χ1) is 15.1. The summed E-state index contributed by atoms with van der Waals surface area (Å²) >= 11 is 6.32. The number of nitrogens with zero attached hydrogens (tertiary/aromatic N) is 5. The van der Waals surface area contributed by atoms with Gasteiger partial charge in [-0.1, -0.05) is 35.9 Å². The number of benzene rings is 1. The molecule has 2 saturated heterocycles. The molecule has 162 valence electrons. The smallest absolute Gasteiger partial charge is 0.231 e. The van der Waals surface area contributed by atoms with Crippen LogP contribution in [0.2, 0.25) is 5.02 Å². The van der Waals surface area contributed by atoms with Crippen LogP contribution in [0.15, 0.2) is 42.5 Å². The van der Waals surface area contributed by atoms with Gasteiger partial charge in [0.2, 0.25) is 5.95 Å². The normalized spacial score (nSPS) is 30.1. The first-order valence-electron chi connectivity index (χ1n) is 11.3. The van der Waals surface area contributed by atoms with Crippen LogP contribution < -0.4 is 4.90 Å². The Labute approximate surface area is 188 Å². The molecule has 0 radical (unpaired) electrons. The average molecular weight is 438 g/mol. The predicted molar refractivity (Wildman–Crippen MR) is 122 cm³/mol. The highest BCUT2D eigenvalue weighted by atomic mass is 35.5. The number of anilines is 1. The Morgan fingerprint density at radius 3 is 2.94 bits per heavy atom. The SMILES string of the molecule is CN1Cc2cc(Cl)ccc2-n2c(nnc2N2CCC[C@]3(CC2)OCC2C=CC=CC23)C1. The molecule has 3 aliphatic heterocycles. The highest BCUT2D eigenvalue weighted by Crippen LogP contribution is 2.46. The zero-order chi connectivity index (χ0) is 21.0. The fraction of sp³-hybridized carbons (Fsp3) is 0.500. The van der Waals surface area contributed by atoms with Crippen molar-refractivity contribution in [2.45, 2.75) is 38.0 Å². The maximum absolute atomic E-state index is 6.50. The predicted octanol–water partition coefficient (Wildman–Crippen LogP) is 3.98. The summed E-state index contributed by atoms with van der Waals surface area (Å²) < 4.78 is 8.74. The fourth-order valence-electron chi connectivity index (χ4n) is 5.89. The van der Waals surface area contributed by atoms with E-state index >= 15 is 0 Å². The third-order valence-corrected chi connectivity index (χ3v) is 7.62. The van der Waals surface area contributed by atoms with Crippen molar-refractivity contribution in [3.05, 3.63) is 58.9 Å². The summed E-state index contributed by atoms with van der Waals surface area (Å²) in [7, 11) is 2.12. The summed E-state index contributed by atoms with van der Waals surface area (Å²) in [5.41, 5.74) is 2.30. The van der Waals surface area contributed by atoms with Gasteiger partial charge >= 0.3 is 0 Å². The minimum atomic E-state index is -0.0477.